The van der Waals surface area contributed by atoms with Gasteiger partial charge in [0, 0.05) is 19.3 Å². The standard InChI is InChI=1S/C68H110O6/c1-4-7-10-13-16-19-21-23-25-26-27-28-29-30-31-32-33-34-35-36-37-38-39-40-41-42-44-45-47-49-52-55-58-61-67(70)73-64-65(63-72-66(69)60-57-54-51-18-15-12-9-6-3)74-68(71)62-59-56-53-50-48-46-43-24-22-20-17-14-11-8-5-2/h7-8,10-11,16-17,19-20,23-25,27-28,30-31,33-34,36-37,43,48,50,65H,4-6,9,12-15,18,21-22,26,29,32,35,38-42,44-47,49,51-64H2,1-3H3/b10-7-,11-8-,19-16-,20-17-,25-23-,28-27-,31-30-,34-33-,37-36-,43-24-,50-48-. The van der Waals surface area contributed by atoms with E-state index in [9.17, 15) is 14.4 Å². The molecule has 1 unspecified atom stereocenters. The van der Waals surface area contributed by atoms with Gasteiger partial charge in [-0.1, -0.05) is 257 Å². The molecule has 418 valence electrons. The second kappa shape index (κ2) is 61.1. The lowest BCUT2D eigenvalue weighted by Crippen LogP contribution is -2.30. The van der Waals surface area contributed by atoms with E-state index in [0.29, 0.717) is 19.3 Å². The summed E-state index contributed by atoms with van der Waals surface area (Å²) in [6, 6.07) is 0. The lowest BCUT2D eigenvalue weighted by Gasteiger charge is -2.18. The predicted molar refractivity (Wildman–Crippen MR) is 320 cm³/mol. The first-order valence-electron chi connectivity index (χ1n) is 30.2. The Labute approximate surface area is 455 Å². The summed E-state index contributed by atoms with van der Waals surface area (Å²) in [7, 11) is 0. The highest BCUT2D eigenvalue weighted by Crippen LogP contribution is 2.15. The Morgan fingerprint density at radius 3 is 0.851 bits per heavy atom. The quantitative estimate of drug-likeness (QED) is 0.0261. The summed E-state index contributed by atoms with van der Waals surface area (Å²) in [5.41, 5.74) is 0. The molecule has 0 aromatic heterocycles. The number of rotatable bonds is 53. The van der Waals surface area contributed by atoms with Gasteiger partial charge in [-0.15, -0.1) is 0 Å². The number of hydrogen-bond acceptors (Lipinski definition) is 6. The Morgan fingerprint density at radius 1 is 0.284 bits per heavy atom. The Bertz CT molecular complexity index is 1600. The van der Waals surface area contributed by atoms with Gasteiger partial charge < -0.3 is 14.2 Å². The monoisotopic (exact) mass is 1020 g/mol. The van der Waals surface area contributed by atoms with Crippen LogP contribution in [0, 0.1) is 0 Å². The third-order valence-corrected chi connectivity index (χ3v) is 12.4. The molecule has 0 N–H and O–H groups in total. The van der Waals surface area contributed by atoms with Crippen molar-refractivity contribution in [2.24, 2.45) is 0 Å². The molecule has 6 nitrogen and oxygen atoms in total. The van der Waals surface area contributed by atoms with Crippen molar-refractivity contribution in [2.45, 2.75) is 264 Å². The van der Waals surface area contributed by atoms with E-state index in [0.717, 1.165) is 122 Å². The Kier molecular flexibility index (Phi) is 57.4. The van der Waals surface area contributed by atoms with E-state index in [4.69, 9.17) is 14.2 Å². The highest BCUT2D eigenvalue weighted by molar-refractivity contribution is 5.71. The van der Waals surface area contributed by atoms with Gasteiger partial charge in [0.05, 0.1) is 0 Å². The van der Waals surface area contributed by atoms with E-state index < -0.39 is 6.10 Å². The summed E-state index contributed by atoms with van der Waals surface area (Å²) in [5.74, 6) is -0.949. The van der Waals surface area contributed by atoms with E-state index in [1.807, 2.05) is 0 Å². The largest absolute Gasteiger partial charge is 0.462 e. The van der Waals surface area contributed by atoms with Crippen molar-refractivity contribution in [3.8, 4) is 0 Å². The topological polar surface area (TPSA) is 78.9 Å². The molecule has 0 fully saturated rings. The highest BCUT2D eigenvalue weighted by atomic mass is 16.6. The van der Waals surface area contributed by atoms with Crippen molar-refractivity contribution in [1.29, 1.82) is 0 Å². The SMILES string of the molecule is CC/C=C\C/C=C\C/C=C\C/C=C\C/C=C\C/C=C\C/C=C\CCCCCCCCCCCCCC(=O)OCC(COC(=O)CCCCCCCCCC)OC(=O)CCCC/C=C\C/C=C\C/C=C\C/C=C\CC. The molecular weight excluding hydrogens is 913 g/mol. The second-order valence-electron chi connectivity index (χ2n) is 19.5. The van der Waals surface area contributed by atoms with Gasteiger partial charge in [-0.2, -0.15) is 0 Å². The molecule has 0 rings (SSSR count). The third-order valence-electron chi connectivity index (χ3n) is 12.4. The van der Waals surface area contributed by atoms with Crippen LogP contribution >= 0.6 is 0 Å². The third kappa shape index (κ3) is 58.4. The number of hydrogen-bond donors (Lipinski definition) is 0. The smallest absolute Gasteiger partial charge is 0.306 e. The van der Waals surface area contributed by atoms with Crippen molar-refractivity contribution in [3.05, 3.63) is 134 Å². The molecule has 0 saturated carbocycles. The number of unbranched alkanes of at least 4 members (excludes halogenated alkanes) is 20. The number of esters is 3. The van der Waals surface area contributed by atoms with Crippen LogP contribution in [0.3, 0.4) is 0 Å². The van der Waals surface area contributed by atoms with Gasteiger partial charge in [-0.25, -0.2) is 0 Å². The van der Waals surface area contributed by atoms with Crippen LogP contribution in [0.1, 0.15) is 258 Å². The van der Waals surface area contributed by atoms with Gasteiger partial charge in [0.1, 0.15) is 13.2 Å². The summed E-state index contributed by atoms with van der Waals surface area (Å²) >= 11 is 0. The van der Waals surface area contributed by atoms with Gasteiger partial charge in [-0.3, -0.25) is 14.4 Å². The maximum absolute atomic E-state index is 12.8. The van der Waals surface area contributed by atoms with Crippen LogP contribution in [0.15, 0.2) is 134 Å². The van der Waals surface area contributed by atoms with Crippen molar-refractivity contribution < 1.29 is 28.6 Å². The maximum atomic E-state index is 12.8. The van der Waals surface area contributed by atoms with Crippen molar-refractivity contribution in [2.75, 3.05) is 13.2 Å². The van der Waals surface area contributed by atoms with Gasteiger partial charge in [0.25, 0.3) is 0 Å². The fraction of sp³-hybridized carbons (Fsp3) is 0.632. The number of ether oxygens (including phenoxy) is 3. The fourth-order valence-electron chi connectivity index (χ4n) is 7.94. The summed E-state index contributed by atoms with van der Waals surface area (Å²) in [5, 5.41) is 0. The first-order chi connectivity index (χ1) is 36.5. The molecule has 0 aliphatic carbocycles. The van der Waals surface area contributed by atoms with Crippen LogP contribution in [0.5, 0.6) is 0 Å². The first kappa shape index (κ1) is 69.5. The van der Waals surface area contributed by atoms with Crippen LogP contribution in [-0.4, -0.2) is 37.2 Å². The van der Waals surface area contributed by atoms with E-state index in [1.165, 1.54) is 89.9 Å². The lowest BCUT2D eigenvalue weighted by molar-refractivity contribution is -0.167. The molecule has 1 atom stereocenters. The Morgan fingerprint density at radius 2 is 0.527 bits per heavy atom. The summed E-state index contributed by atoms with van der Waals surface area (Å²) in [6.07, 6.45) is 86.2. The minimum Gasteiger partial charge on any atom is -0.462 e. The number of carbonyl (C=O) groups excluding carboxylic acids is 3. The van der Waals surface area contributed by atoms with Crippen LogP contribution in [0.25, 0.3) is 0 Å². The molecule has 0 heterocycles. The minimum atomic E-state index is -0.801. The fourth-order valence-corrected chi connectivity index (χ4v) is 7.94. The van der Waals surface area contributed by atoms with E-state index in [-0.39, 0.29) is 37.5 Å². The molecular formula is C68H110O6. The zero-order valence-electron chi connectivity index (χ0n) is 47.8. The molecule has 0 radical (unpaired) electrons. The molecule has 0 aliphatic rings. The molecule has 0 spiro atoms. The van der Waals surface area contributed by atoms with Gasteiger partial charge in [-0.05, 0) is 116 Å². The van der Waals surface area contributed by atoms with E-state index >= 15 is 0 Å². The zero-order valence-corrected chi connectivity index (χ0v) is 47.8. The molecule has 0 bridgehead atoms. The second-order valence-corrected chi connectivity index (χ2v) is 19.5. The normalized spacial score (nSPS) is 13.1. The Hall–Kier alpha value is -4.45. The van der Waals surface area contributed by atoms with Crippen LogP contribution < -0.4 is 0 Å². The van der Waals surface area contributed by atoms with Gasteiger partial charge in [0.15, 0.2) is 6.10 Å². The van der Waals surface area contributed by atoms with Crippen molar-refractivity contribution in [1.82, 2.24) is 0 Å². The molecule has 0 amide bonds. The van der Waals surface area contributed by atoms with Gasteiger partial charge >= 0.3 is 17.9 Å². The van der Waals surface area contributed by atoms with Crippen molar-refractivity contribution in [3.63, 3.8) is 0 Å². The van der Waals surface area contributed by atoms with E-state index in [1.54, 1.807) is 0 Å². The highest BCUT2D eigenvalue weighted by Gasteiger charge is 2.19. The maximum Gasteiger partial charge on any atom is 0.306 e. The van der Waals surface area contributed by atoms with Crippen LogP contribution in [0.2, 0.25) is 0 Å². The van der Waals surface area contributed by atoms with Crippen LogP contribution in [-0.2, 0) is 28.6 Å². The average molecular weight is 1020 g/mol. The number of carbonyl (C=O) groups is 3. The number of allylic oxidation sites excluding steroid dienone is 22. The summed E-state index contributed by atoms with van der Waals surface area (Å²) < 4.78 is 16.8. The van der Waals surface area contributed by atoms with Crippen molar-refractivity contribution >= 4 is 17.9 Å². The molecule has 0 saturated heterocycles. The van der Waals surface area contributed by atoms with E-state index in [2.05, 4.69) is 154 Å². The molecule has 0 aromatic rings. The molecule has 0 aromatic carbocycles. The zero-order chi connectivity index (χ0) is 53.6. The van der Waals surface area contributed by atoms with Gasteiger partial charge in [0.2, 0.25) is 0 Å². The minimum absolute atomic E-state index is 0.0967. The molecule has 0 aliphatic heterocycles. The van der Waals surface area contributed by atoms with Crippen LogP contribution in [0.4, 0.5) is 0 Å². The summed E-state index contributed by atoms with van der Waals surface area (Å²) in [6.45, 7) is 6.34. The molecule has 6 heteroatoms. The average Bonchev–Trinajstić information content (AvgIpc) is 3.40. The predicted octanol–water partition coefficient (Wildman–Crippen LogP) is 20.6. The summed E-state index contributed by atoms with van der Waals surface area (Å²) in [4.78, 5) is 38.0. The first-order valence-corrected chi connectivity index (χ1v) is 30.2. The lowest BCUT2D eigenvalue weighted by atomic mass is 10.0. The molecule has 74 heavy (non-hydrogen) atoms. The Balaban J connectivity index is 4.17.